The Morgan fingerprint density at radius 1 is 0.542 bits per heavy atom. The van der Waals surface area contributed by atoms with E-state index in [1.807, 2.05) is 95.7 Å². The van der Waals surface area contributed by atoms with Gasteiger partial charge in [-0.15, -0.1) is 0 Å². The predicted octanol–water partition coefficient (Wildman–Crippen LogP) is 2.73. The van der Waals surface area contributed by atoms with Gasteiger partial charge in [-0.1, -0.05) is 121 Å². The van der Waals surface area contributed by atoms with E-state index in [0.717, 1.165) is 16.7 Å². The van der Waals surface area contributed by atoms with E-state index in [0.29, 0.717) is 5.56 Å². The number of hydrogen-bond donors (Lipinski definition) is 5. The highest BCUT2D eigenvalue weighted by Crippen LogP contribution is 2.34. The van der Waals surface area contributed by atoms with Crippen molar-refractivity contribution in [1.82, 2.24) is 4.72 Å². The SMILES string of the molecule is O=S(=O)(O)N[C@H]1[C@@H](O[C@H]2[C@H](OCc3ccccc3)[C@@H](OCc3ccccc3)[C@H](O)O[C@@H]2COCc2ccccc2)O[C@H](COS(=O)(=O)O)[C@@H](OCc2ccccc2)[C@@H]1O. The molecular formula is C40H47NO16S2. The third kappa shape index (κ3) is 13.6. The van der Waals surface area contributed by atoms with E-state index in [9.17, 15) is 36.2 Å². The number of benzene rings is 4. The largest absolute Gasteiger partial charge is 0.397 e. The molecule has 6 rings (SSSR count). The maximum Gasteiger partial charge on any atom is 0.397 e. The van der Waals surface area contributed by atoms with E-state index in [-0.39, 0.29) is 33.0 Å². The molecule has 0 unspecified atom stereocenters. The zero-order valence-electron chi connectivity index (χ0n) is 31.6. The molecule has 2 fully saturated rings. The lowest BCUT2D eigenvalue weighted by atomic mass is 9.95. The number of aliphatic hydroxyl groups is 2. The first-order chi connectivity index (χ1) is 28.3. The van der Waals surface area contributed by atoms with E-state index in [1.54, 1.807) is 30.3 Å². The smallest absolute Gasteiger partial charge is 0.388 e. The van der Waals surface area contributed by atoms with E-state index in [2.05, 4.69) is 4.18 Å². The van der Waals surface area contributed by atoms with Crippen LogP contribution in [0.3, 0.4) is 0 Å². The third-order valence-electron chi connectivity index (χ3n) is 9.49. The van der Waals surface area contributed by atoms with E-state index < -0.39 is 88.7 Å². The number of nitrogens with one attached hydrogen (secondary N) is 1. The maximum absolute atomic E-state index is 12.4. The highest BCUT2D eigenvalue weighted by Gasteiger charge is 2.54. The number of ether oxygens (including phenoxy) is 7. The van der Waals surface area contributed by atoms with Crippen molar-refractivity contribution in [1.29, 1.82) is 0 Å². The lowest BCUT2D eigenvalue weighted by molar-refractivity contribution is -0.354. The van der Waals surface area contributed by atoms with Gasteiger partial charge in [-0.25, -0.2) is 4.18 Å². The molecule has 59 heavy (non-hydrogen) atoms. The van der Waals surface area contributed by atoms with Gasteiger partial charge in [-0.05, 0) is 22.3 Å². The van der Waals surface area contributed by atoms with Crippen LogP contribution in [-0.2, 0) is 84.5 Å². The quantitative estimate of drug-likeness (QED) is 0.0804. The minimum Gasteiger partial charge on any atom is -0.388 e. The number of hydrogen-bond acceptors (Lipinski definition) is 14. The van der Waals surface area contributed by atoms with Gasteiger partial charge in [0.25, 0.3) is 0 Å². The first-order valence-electron chi connectivity index (χ1n) is 18.6. The van der Waals surface area contributed by atoms with Crippen LogP contribution in [0.2, 0.25) is 0 Å². The van der Waals surface area contributed by atoms with Crippen LogP contribution in [0.4, 0.5) is 0 Å². The summed E-state index contributed by atoms with van der Waals surface area (Å²) in [7, 11) is -10.2. The second-order valence-corrected chi connectivity index (χ2v) is 16.1. The van der Waals surface area contributed by atoms with Gasteiger partial charge in [0.1, 0.15) is 48.8 Å². The van der Waals surface area contributed by atoms with E-state index >= 15 is 0 Å². The molecule has 0 saturated carbocycles. The molecule has 0 bridgehead atoms. The van der Waals surface area contributed by atoms with Crippen LogP contribution in [0.15, 0.2) is 121 Å². The van der Waals surface area contributed by atoms with Crippen molar-refractivity contribution in [3.63, 3.8) is 0 Å². The summed E-state index contributed by atoms with van der Waals surface area (Å²) in [6, 6.07) is 34.2. The molecule has 320 valence electrons. The van der Waals surface area contributed by atoms with Crippen molar-refractivity contribution >= 4 is 20.7 Å². The molecule has 4 aromatic rings. The van der Waals surface area contributed by atoms with Crippen molar-refractivity contribution in [2.75, 3.05) is 13.2 Å². The molecule has 2 aliphatic rings. The molecule has 2 saturated heterocycles. The molecule has 2 aliphatic heterocycles. The summed E-state index contributed by atoms with van der Waals surface area (Å²) in [5.74, 6) is 0. The minimum absolute atomic E-state index is 0.0000758. The Labute approximate surface area is 342 Å². The van der Waals surface area contributed by atoms with Crippen molar-refractivity contribution in [2.45, 2.75) is 87.8 Å². The molecule has 4 aromatic carbocycles. The number of aliphatic hydroxyl groups excluding tert-OH is 2. The Morgan fingerprint density at radius 2 is 0.983 bits per heavy atom. The van der Waals surface area contributed by atoms with Crippen LogP contribution in [-0.4, -0.2) is 111 Å². The van der Waals surface area contributed by atoms with Crippen LogP contribution in [0.25, 0.3) is 0 Å². The van der Waals surface area contributed by atoms with Gasteiger partial charge < -0.3 is 43.4 Å². The average molecular weight is 862 g/mol. The molecule has 0 spiro atoms. The molecule has 0 aliphatic carbocycles. The summed E-state index contributed by atoms with van der Waals surface area (Å²) in [5, 5.41) is 23.3. The Hall–Kier alpha value is -3.74. The average Bonchev–Trinajstić information content (AvgIpc) is 3.21. The Morgan fingerprint density at radius 3 is 1.46 bits per heavy atom. The normalized spacial score (nSPS) is 27.7. The Bertz CT molecular complexity index is 2070. The van der Waals surface area contributed by atoms with Crippen LogP contribution >= 0.6 is 0 Å². The maximum atomic E-state index is 12.4. The topological polar surface area (TPSA) is 235 Å². The molecule has 5 N–H and O–H groups in total. The first-order valence-corrected chi connectivity index (χ1v) is 21.4. The Kier molecular flexibility index (Phi) is 16.1. The highest BCUT2D eigenvalue weighted by atomic mass is 32.3. The summed E-state index contributed by atoms with van der Waals surface area (Å²) in [5.41, 5.74) is 2.94. The predicted molar refractivity (Wildman–Crippen MR) is 208 cm³/mol. The molecule has 19 heteroatoms. The first kappa shape index (κ1) is 44.8. The van der Waals surface area contributed by atoms with Crippen molar-refractivity contribution in [2.24, 2.45) is 0 Å². The van der Waals surface area contributed by atoms with Crippen molar-refractivity contribution in [3.05, 3.63) is 144 Å². The van der Waals surface area contributed by atoms with E-state index in [1.165, 1.54) is 0 Å². The fourth-order valence-corrected chi connectivity index (χ4v) is 7.61. The van der Waals surface area contributed by atoms with Crippen molar-refractivity contribution in [3.8, 4) is 0 Å². The molecule has 10 atom stereocenters. The van der Waals surface area contributed by atoms with Gasteiger partial charge in [0.2, 0.25) is 0 Å². The lowest BCUT2D eigenvalue weighted by Gasteiger charge is -2.49. The summed E-state index contributed by atoms with van der Waals surface area (Å²) in [6.45, 7) is -1.22. The van der Waals surface area contributed by atoms with Gasteiger partial charge in [0.05, 0.1) is 39.6 Å². The molecule has 17 nitrogen and oxygen atoms in total. The molecule has 0 aromatic heterocycles. The summed E-state index contributed by atoms with van der Waals surface area (Å²) >= 11 is 0. The van der Waals surface area contributed by atoms with Crippen LogP contribution in [0, 0.1) is 0 Å². The number of rotatable bonds is 20. The lowest BCUT2D eigenvalue weighted by Crippen LogP contribution is -2.68. The highest BCUT2D eigenvalue weighted by molar-refractivity contribution is 7.83. The molecular weight excluding hydrogens is 815 g/mol. The van der Waals surface area contributed by atoms with Gasteiger partial charge in [-0.2, -0.15) is 21.6 Å². The van der Waals surface area contributed by atoms with Crippen LogP contribution < -0.4 is 4.72 Å². The molecule has 0 amide bonds. The standard InChI is InChI=1S/C40H47NO16S2/c42-34-33(41-58(44,45)46)40(56-32(26-54-59(47,48)49)35(34)51-22-28-15-7-2-8-16-28)57-36-31(25-50-21-27-13-5-1-6-14-27)55-39(43)38(53-24-30-19-11-4-12-20-30)37(36)52-23-29-17-9-3-10-18-29/h1-20,31-43H,21-26H2,(H,44,45,46)(H,47,48,49)/t31-,32-,33-,34-,35-,36-,37+,38-,39-,40-/m1/s1. The summed E-state index contributed by atoms with van der Waals surface area (Å²) in [6.07, 6.45) is -13.5. The van der Waals surface area contributed by atoms with Crippen LogP contribution in [0.1, 0.15) is 22.3 Å². The summed E-state index contributed by atoms with van der Waals surface area (Å²) < 4.78 is 118. The molecule has 0 radical (unpaired) electrons. The van der Waals surface area contributed by atoms with Gasteiger partial charge in [-0.3, -0.25) is 9.11 Å². The zero-order valence-corrected chi connectivity index (χ0v) is 33.2. The minimum atomic E-state index is -5.10. The van der Waals surface area contributed by atoms with Gasteiger partial charge in [0, 0.05) is 0 Å². The van der Waals surface area contributed by atoms with E-state index in [4.69, 9.17) is 33.2 Å². The third-order valence-corrected chi connectivity index (χ3v) is 10.5. The second-order valence-electron chi connectivity index (χ2n) is 13.8. The van der Waals surface area contributed by atoms with Crippen LogP contribution in [0.5, 0.6) is 0 Å². The fraction of sp³-hybridized carbons (Fsp3) is 0.400. The second kappa shape index (κ2) is 21.2. The van der Waals surface area contributed by atoms with Gasteiger partial charge >= 0.3 is 20.7 Å². The summed E-state index contributed by atoms with van der Waals surface area (Å²) in [4.78, 5) is 0. The van der Waals surface area contributed by atoms with Crippen molar-refractivity contribution < 1.29 is 73.5 Å². The molecule has 2 heterocycles. The fourth-order valence-electron chi connectivity index (χ4n) is 6.71. The monoisotopic (exact) mass is 861 g/mol. The zero-order chi connectivity index (χ0) is 41.8. The Balaban J connectivity index is 1.35. The van der Waals surface area contributed by atoms with Gasteiger partial charge in [0.15, 0.2) is 12.6 Å².